The molecule has 160 valence electrons. The lowest BCUT2D eigenvalue weighted by atomic mass is 9.48. The van der Waals surface area contributed by atoms with Gasteiger partial charge in [-0.15, -0.1) is 0 Å². The Morgan fingerprint density at radius 1 is 1.03 bits per heavy atom. The first kappa shape index (κ1) is 19.8. The highest BCUT2D eigenvalue weighted by molar-refractivity contribution is 5.82. The Morgan fingerprint density at radius 3 is 2.55 bits per heavy atom. The number of nitrogens with zero attached hydrogens (tertiary/aromatic N) is 3. The third-order valence-corrected chi connectivity index (χ3v) is 10.0. The predicted octanol–water partition coefficient (Wildman–Crippen LogP) is 5.39. The van der Waals surface area contributed by atoms with Crippen molar-refractivity contribution in [3.63, 3.8) is 0 Å². The fourth-order valence-corrected chi connectivity index (χ4v) is 8.87. The van der Waals surface area contributed by atoms with Crippen molar-refractivity contribution in [2.75, 3.05) is 0 Å². The molecule has 29 heavy (non-hydrogen) atoms. The fourth-order valence-electron chi connectivity index (χ4n) is 8.87. The zero-order chi connectivity index (χ0) is 20.2. The molecular formula is C25H39N3O. The van der Waals surface area contributed by atoms with Gasteiger partial charge in [0.15, 0.2) is 5.78 Å². The number of hydrogen-bond donors (Lipinski definition) is 0. The minimum atomic E-state index is 0.195. The molecule has 4 fully saturated rings. The van der Waals surface area contributed by atoms with Crippen molar-refractivity contribution in [3.8, 4) is 0 Å². The van der Waals surface area contributed by atoms with Gasteiger partial charge in [-0.1, -0.05) is 33.6 Å². The second-order valence-electron chi connectivity index (χ2n) is 11.3. The maximum atomic E-state index is 13.4. The molecular weight excluding hydrogens is 358 g/mol. The Kier molecular flexibility index (Phi) is 5.11. The Bertz CT molecular complexity index is 730. The molecule has 0 aromatic carbocycles. The summed E-state index contributed by atoms with van der Waals surface area (Å²) in [5, 5.41) is 8.39. The van der Waals surface area contributed by atoms with Crippen LogP contribution in [0.4, 0.5) is 0 Å². The highest BCUT2D eigenvalue weighted by atomic mass is 16.1. The highest BCUT2D eigenvalue weighted by Gasteiger charge is 2.61. The zero-order valence-electron chi connectivity index (χ0n) is 18.6. The standard InChI is InChI=1S/C25H39N3O/c1-4-17-14-22(23(29)15-28-26-11-12-27-28)25(3)10-9-20-19-7-5-16(2)13-18(19)6-8-21(20)24(17)25/h11-12,16-22,24H,4-10,13-15H2,1-3H3/t16-,17?,18+,19-,20+,21+,22+,24?,25+/m0/s1. The summed E-state index contributed by atoms with van der Waals surface area (Å²) in [6.45, 7) is 7.67. The predicted molar refractivity (Wildman–Crippen MR) is 114 cm³/mol. The summed E-state index contributed by atoms with van der Waals surface area (Å²) in [6, 6.07) is 0. The van der Waals surface area contributed by atoms with Gasteiger partial charge >= 0.3 is 0 Å². The molecule has 0 bridgehead atoms. The molecule has 4 aliphatic rings. The van der Waals surface area contributed by atoms with Crippen molar-refractivity contribution >= 4 is 5.78 Å². The van der Waals surface area contributed by atoms with Crippen molar-refractivity contribution in [2.24, 2.45) is 52.8 Å². The minimum Gasteiger partial charge on any atom is -0.297 e. The molecule has 5 rings (SSSR count). The van der Waals surface area contributed by atoms with Gasteiger partial charge in [0.05, 0.1) is 12.4 Å². The maximum absolute atomic E-state index is 13.4. The van der Waals surface area contributed by atoms with Crippen molar-refractivity contribution in [1.29, 1.82) is 0 Å². The van der Waals surface area contributed by atoms with Crippen LogP contribution in [0.5, 0.6) is 0 Å². The average Bonchev–Trinajstić information content (AvgIpc) is 3.32. The first-order valence-electron chi connectivity index (χ1n) is 12.4. The lowest BCUT2D eigenvalue weighted by Gasteiger charge is -2.57. The second-order valence-corrected chi connectivity index (χ2v) is 11.3. The van der Waals surface area contributed by atoms with Gasteiger partial charge in [0.2, 0.25) is 0 Å². The average molecular weight is 398 g/mol. The van der Waals surface area contributed by atoms with Gasteiger partial charge in [0.1, 0.15) is 6.54 Å². The second kappa shape index (κ2) is 7.50. The van der Waals surface area contributed by atoms with Crippen molar-refractivity contribution in [2.45, 2.75) is 85.1 Å². The smallest absolute Gasteiger partial charge is 0.159 e. The van der Waals surface area contributed by atoms with E-state index in [0.29, 0.717) is 12.3 Å². The van der Waals surface area contributed by atoms with Crippen LogP contribution in [-0.4, -0.2) is 20.8 Å². The third-order valence-electron chi connectivity index (χ3n) is 10.0. The van der Waals surface area contributed by atoms with E-state index in [-0.39, 0.29) is 11.3 Å². The maximum Gasteiger partial charge on any atom is 0.159 e. The molecule has 4 aliphatic carbocycles. The largest absolute Gasteiger partial charge is 0.297 e. The van der Waals surface area contributed by atoms with E-state index in [2.05, 4.69) is 31.0 Å². The van der Waals surface area contributed by atoms with E-state index in [1.165, 1.54) is 51.4 Å². The SMILES string of the molecule is CCC1C[C@H](C(=O)Cn2nccn2)[C@@]2(C)CC[C@@H]3[C@H]4CC[C@H](C)C[C@H]4CC[C@H]3C12. The summed E-state index contributed by atoms with van der Waals surface area (Å²) >= 11 is 0. The van der Waals surface area contributed by atoms with Gasteiger partial charge in [-0.2, -0.15) is 15.0 Å². The highest BCUT2D eigenvalue weighted by Crippen LogP contribution is 2.66. The molecule has 4 nitrogen and oxygen atoms in total. The monoisotopic (exact) mass is 397 g/mol. The molecule has 2 unspecified atom stereocenters. The molecule has 0 saturated heterocycles. The summed E-state index contributed by atoms with van der Waals surface area (Å²) in [5.74, 6) is 6.79. The Balaban J connectivity index is 1.39. The van der Waals surface area contributed by atoms with E-state index in [1.54, 1.807) is 17.2 Å². The molecule has 4 heteroatoms. The molecule has 0 amide bonds. The molecule has 0 aliphatic heterocycles. The quantitative estimate of drug-likeness (QED) is 0.684. The van der Waals surface area contributed by atoms with E-state index in [1.807, 2.05) is 0 Å². The molecule has 0 N–H and O–H groups in total. The molecule has 9 atom stereocenters. The first-order chi connectivity index (χ1) is 14.0. The zero-order valence-corrected chi connectivity index (χ0v) is 18.6. The van der Waals surface area contributed by atoms with Gasteiger partial charge in [-0.3, -0.25) is 4.79 Å². The Labute approximate surface area is 176 Å². The summed E-state index contributed by atoms with van der Waals surface area (Å²) in [4.78, 5) is 14.9. The molecule has 4 saturated carbocycles. The summed E-state index contributed by atoms with van der Waals surface area (Å²) in [5.41, 5.74) is 0.195. The first-order valence-corrected chi connectivity index (χ1v) is 12.4. The van der Waals surface area contributed by atoms with Gasteiger partial charge in [0, 0.05) is 5.92 Å². The number of carbonyl (C=O) groups is 1. The lowest BCUT2D eigenvalue weighted by Crippen LogP contribution is -2.50. The van der Waals surface area contributed by atoms with Crippen LogP contribution in [0.15, 0.2) is 12.4 Å². The number of fused-ring (bicyclic) bond motifs is 5. The van der Waals surface area contributed by atoms with E-state index >= 15 is 0 Å². The van der Waals surface area contributed by atoms with Crippen molar-refractivity contribution < 1.29 is 4.79 Å². The summed E-state index contributed by atoms with van der Waals surface area (Å²) in [7, 11) is 0. The minimum absolute atomic E-state index is 0.195. The number of carbonyl (C=O) groups excluding carboxylic acids is 1. The fraction of sp³-hybridized carbons (Fsp3) is 0.880. The lowest BCUT2D eigenvalue weighted by molar-refractivity contribution is -0.132. The van der Waals surface area contributed by atoms with Crippen LogP contribution in [0.2, 0.25) is 0 Å². The normalized spacial score (nSPS) is 46.6. The molecule has 1 aromatic heterocycles. The van der Waals surface area contributed by atoms with Gasteiger partial charge < -0.3 is 0 Å². The topological polar surface area (TPSA) is 47.8 Å². The van der Waals surface area contributed by atoms with Gasteiger partial charge in [0.25, 0.3) is 0 Å². The van der Waals surface area contributed by atoms with Gasteiger partial charge in [-0.25, -0.2) is 0 Å². The molecule has 1 aromatic rings. The van der Waals surface area contributed by atoms with E-state index in [9.17, 15) is 4.79 Å². The Hall–Kier alpha value is -1.19. The van der Waals surface area contributed by atoms with Crippen LogP contribution in [0.3, 0.4) is 0 Å². The van der Waals surface area contributed by atoms with Crippen LogP contribution < -0.4 is 0 Å². The Morgan fingerprint density at radius 2 is 1.79 bits per heavy atom. The summed E-state index contributed by atoms with van der Waals surface area (Å²) < 4.78 is 0. The van der Waals surface area contributed by atoms with Crippen molar-refractivity contribution in [3.05, 3.63) is 12.4 Å². The van der Waals surface area contributed by atoms with Crippen LogP contribution in [0, 0.1) is 52.8 Å². The summed E-state index contributed by atoms with van der Waals surface area (Å²) in [6.07, 6.45) is 15.6. The van der Waals surface area contributed by atoms with Crippen molar-refractivity contribution in [1.82, 2.24) is 15.0 Å². The van der Waals surface area contributed by atoms with E-state index in [0.717, 1.165) is 47.8 Å². The molecule has 0 spiro atoms. The van der Waals surface area contributed by atoms with E-state index in [4.69, 9.17) is 0 Å². The van der Waals surface area contributed by atoms with E-state index < -0.39 is 0 Å². The molecule has 0 radical (unpaired) electrons. The number of ketones is 1. The third kappa shape index (κ3) is 3.20. The number of Topliss-reactive ketones (excluding diaryl/α,β-unsaturated/α-hetero) is 1. The van der Waals surface area contributed by atoms with Crippen LogP contribution in [0.1, 0.15) is 78.6 Å². The van der Waals surface area contributed by atoms with Crippen LogP contribution in [-0.2, 0) is 11.3 Å². The van der Waals surface area contributed by atoms with Gasteiger partial charge in [-0.05, 0) is 91.8 Å². The number of hydrogen-bond acceptors (Lipinski definition) is 3. The van der Waals surface area contributed by atoms with Crippen LogP contribution >= 0.6 is 0 Å². The number of rotatable bonds is 4. The van der Waals surface area contributed by atoms with Crippen LogP contribution in [0.25, 0.3) is 0 Å². The molecule has 1 heterocycles. The number of aromatic nitrogens is 3.